The number of guanidine groups is 1. The molecule has 0 saturated heterocycles. The van der Waals surface area contributed by atoms with Crippen LogP contribution in [-0.2, 0) is 6.54 Å². The largest absolute Gasteiger partial charge is 0.507 e. The highest BCUT2D eigenvalue weighted by Gasteiger charge is 2.02. The van der Waals surface area contributed by atoms with E-state index in [1.165, 1.54) is 5.56 Å². The van der Waals surface area contributed by atoms with Gasteiger partial charge in [-0.05, 0) is 57.2 Å². The zero-order valence-corrected chi connectivity index (χ0v) is 17.0. The van der Waals surface area contributed by atoms with E-state index in [4.69, 9.17) is 5.73 Å². The lowest BCUT2D eigenvalue weighted by Crippen LogP contribution is -2.22. The van der Waals surface area contributed by atoms with Crippen LogP contribution in [0.2, 0.25) is 0 Å². The summed E-state index contributed by atoms with van der Waals surface area (Å²) in [6, 6.07) is 13.4. The lowest BCUT2D eigenvalue weighted by molar-refractivity contribution is 0.471. The highest BCUT2D eigenvalue weighted by atomic mass is 127. The van der Waals surface area contributed by atoms with Gasteiger partial charge in [-0.25, -0.2) is 4.99 Å². The lowest BCUT2D eigenvalue weighted by atomic mass is 10.0. The quantitative estimate of drug-likeness (QED) is 0.327. The predicted molar refractivity (Wildman–Crippen MR) is 111 cm³/mol. The van der Waals surface area contributed by atoms with Crippen molar-refractivity contribution >= 4 is 51.6 Å². The Labute approximate surface area is 162 Å². The third-order valence-electron chi connectivity index (χ3n) is 3.27. The molecule has 0 fully saturated rings. The number of halogens is 2. The number of aliphatic imine (C=N–C) groups is 1. The SMILES string of the molecule is CC(C)c1cccc(NC(N)=NCc2ccc(O)c(Br)c2)c1.I. The highest BCUT2D eigenvalue weighted by molar-refractivity contribution is 14.0. The van der Waals surface area contributed by atoms with Crippen LogP contribution in [0.5, 0.6) is 5.75 Å². The molecule has 0 spiro atoms. The van der Waals surface area contributed by atoms with Crippen LogP contribution >= 0.6 is 39.9 Å². The number of phenols is 1. The van der Waals surface area contributed by atoms with E-state index in [9.17, 15) is 5.11 Å². The van der Waals surface area contributed by atoms with E-state index in [-0.39, 0.29) is 29.7 Å². The molecule has 0 heterocycles. The Bertz CT molecular complexity index is 689. The molecule has 124 valence electrons. The first-order valence-corrected chi connectivity index (χ1v) is 7.89. The lowest BCUT2D eigenvalue weighted by Gasteiger charge is -2.10. The minimum absolute atomic E-state index is 0. The molecule has 2 aromatic rings. The molecular weight excluding hydrogens is 469 g/mol. The van der Waals surface area contributed by atoms with Crippen molar-refractivity contribution in [1.29, 1.82) is 0 Å². The van der Waals surface area contributed by atoms with Crippen LogP contribution < -0.4 is 11.1 Å². The Kier molecular flexibility index (Phi) is 7.84. The van der Waals surface area contributed by atoms with Crippen molar-refractivity contribution in [1.82, 2.24) is 0 Å². The number of nitrogens with two attached hydrogens (primary N) is 1. The molecule has 2 aromatic carbocycles. The number of hydrogen-bond donors (Lipinski definition) is 3. The van der Waals surface area contributed by atoms with Crippen LogP contribution in [0.15, 0.2) is 51.9 Å². The number of phenolic OH excluding ortho intramolecular Hbond substituents is 1. The average molecular weight is 490 g/mol. The second-order valence-electron chi connectivity index (χ2n) is 5.39. The maximum atomic E-state index is 9.47. The van der Waals surface area contributed by atoms with Crippen molar-refractivity contribution < 1.29 is 5.11 Å². The fourth-order valence-corrected chi connectivity index (χ4v) is 2.41. The number of hydrogen-bond acceptors (Lipinski definition) is 2. The molecule has 0 aromatic heterocycles. The van der Waals surface area contributed by atoms with Crippen LogP contribution in [0.1, 0.15) is 30.9 Å². The minimum Gasteiger partial charge on any atom is -0.507 e. The van der Waals surface area contributed by atoms with Gasteiger partial charge in [0.1, 0.15) is 5.75 Å². The predicted octanol–water partition coefficient (Wildman–Crippen LogP) is 4.82. The number of aromatic hydroxyl groups is 1. The van der Waals surface area contributed by atoms with Gasteiger partial charge >= 0.3 is 0 Å². The second-order valence-corrected chi connectivity index (χ2v) is 6.25. The molecule has 4 nitrogen and oxygen atoms in total. The van der Waals surface area contributed by atoms with Crippen molar-refractivity contribution in [2.75, 3.05) is 5.32 Å². The normalized spacial score (nSPS) is 11.2. The molecule has 6 heteroatoms. The third-order valence-corrected chi connectivity index (χ3v) is 3.90. The molecule has 0 saturated carbocycles. The third kappa shape index (κ3) is 6.02. The smallest absolute Gasteiger partial charge is 0.193 e. The number of nitrogens with zero attached hydrogens (tertiary/aromatic N) is 1. The van der Waals surface area contributed by atoms with E-state index in [1.807, 2.05) is 24.3 Å². The van der Waals surface area contributed by atoms with E-state index >= 15 is 0 Å². The first-order chi connectivity index (χ1) is 10.5. The monoisotopic (exact) mass is 489 g/mol. The molecule has 0 aliphatic rings. The van der Waals surface area contributed by atoms with Crippen molar-refractivity contribution in [3.8, 4) is 5.75 Å². The minimum atomic E-state index is 0. The summed E-state index contributed by atoms with van der Waals surface area (Å²) in [6.45, 7) is 4.75. The van der Waals surface area contributed by atoms with Crippen molar-refractivity contribution in [3.63, 3.8) is 0 Å². The summed E-state index contributed by atoms with van der Waals surface area (Å²) in [6.07, 6.45) is 0. The molecule has 0 amide bonds. The topological polar surface area (TPSA) is 70.6 Å². The summed E-state index contributed by atoms with van der Waals surface area (Å²) in [5.74, 6) is 1.05. The van der Waals surface area contributed by atoms with Crippen LogP contribution in [0.25, 0.3) is 0 Å². The summed E-state index contributed by atoms with van der Waals surface area (Å²) in [7, 11) is 0. The van der Waals surface area contributed by atoms with Gasteiger partial charge in [0.25, 0.3) is 0 Å². The summed E-state index contributed by atoms with van der Waals surface area (Å²) in [4.78, 5) is 4.32. The van der Waals surface area contributed by atoms with Gasteiger partial charge in [-0.3, -0.25) is 0 Å². The van der Waals surface area contributed by atoms with Gasteiger partial charge in [0.05, 0.1) is 11.0 Å². The number of rotatable bonds is 4. The Hall–Kier alpha value is -1.28. The molecular formula is C17H21BrIN3O. The second kappa shape index (κ2) is 9.12. The van der Waals surface area contributed by atoms with Crippen LogP contribution in [0.4, 0.5) is 5.69 Å². The summed E-state index contributed by atoms with van der Waals surface area (Å²) in [5.41, 5.74) is 9.07. The van der Waals surface area contributed by atoms with Crippen molar-refractivity contribution in [3.05, 3.63) is 58.1 Å². The van der Waals surface area contributed by atoms with E-state index in [1.54, 1.807) is 6.07 Å². The van der Waals surface area contributed by atoms with Gasteiger partial charge in [-0.15, -0.1) is 24.0 Å². The van der Waals surface area contributed by atoms with E-state index in [0.29, 0.717) is 22.9 Å². The standard InChI is InChI=1S/C17H20BrN3O.HI/c1-11(2)13-4-3-5-14(9-13)21-17(19)20-10-12-6-7-16(22)15(18)8-12;/h3-9,11,22H,10H2,1-2H3,(H3,19,20,21);1H. The zero-order valence-electron chi connectivity index (χ0n) is 13.1. The Morgan fingerprint density at radius 3 is 2.65 bits per heavy atom. The van der Waals surface area contributed by atoms with Gasteiger partial charge in [-0.1, -0.05) is 32.0 Å². The molecule has 0 radical (unpaired) electrons. The van der Waals surface area contributed by atoms with Gasteiger partial charge in [-0.2, -0.15) is 0 Å². The fourth-order valence-electron chi connectivity index (χ4n) is 1.99. The first-order valence-electron chi connectivity index (χ1n) is 7.10. The molecule has 0 bridgehead atoms. The first kappa shape index (κ1) is 19.8. The van der Waals surface area contributed by atoms with Crippen molar-refractivity contribution in [2.24, 2.45) is 10.7 Å². The molecule has 0 unspecified atom stereocenters. The molecule has 2 rings (SSSR count). The van der Waals surface area contributed by atoms with E-state index in [2.05, 4.69) is 52.2 Å². The average Bonchev–Trinajstić information content (AvgIpc) is 2.49. The number of anilines is 1. The van der Waals surface area contributed by atoms with Crippen LogP contribution in [0, 0.1) is 0 Å². The maximum Gasteiger partial charge on any atom is 0.193 e. The molecule has 4 N–H and O–H groups in total. The van der Waals surface area contributed by atoms with Gasteiger partial charge < -0.3 is 16.2 Å². The molecule has 23 heavy (non-hydrogen) atoms. The Morgan fingerprint density at radius 1 is 1.26 bits per heavy atom. The van der Waals surface area contributed by atoms with E-state index < -0.39 is 0 Å². The fraction of sp³-hybridized carbons (Fsp3) is 0.235. The Morgan fingerprint density at radius 2 is 2.00 bits per heavy atom. The summed E-state index contributed by atoms with van der Waals surface area (Å²) >= 11 is 3.28. The number of benzene rings is 2. The maximum absolute atomic E-state index is 9.47. The summed E-state index contributed by atoms with van der Waals surface area (Å²) in [5, 5.41) is 12.6. The van der Waals surface area contributed by atoms with Crippen LogP contribution in [-0.4, -0.2) is 11.1 Å². The van der Waals surface area contributed by atoms with Gasteiger partial charge in [0.15, 0.2) is 5.96 Å². The molecule has 0 aliphatic heterocycles. The zero-order chi connectivity index (χ0) is 16.1. The van der Waals surface area contributed by atoms with Crippen LogP contribution in [0.3, 0.4) is 0 Å². The highest BCUT2D eigenvalue weighted by Crippen LogP contribution is 2.24. The Balaban J connectivity index is 0.00000264. The van der Waals surface area contributed by atoms with Gasteiger partial charge in [0.2, 0.25) is 0 Å². The molecule has 0 atom stereocenters. The number of nitrogens with one attached hydrogen (secondary N) is 1. The molecule has 0 aliphatic carbocycles. The van der Waals surface area contributed by atoms with E-state index in [0.717, 1.165) is 11.3 Å². The summed E-state index contributed by atoms with van der Waals surface area (Å²) < 4.78 is 0.649. The van der Waals surface area contributed by atoms with Crippen molar-refractivity contribution in [2.45, 2.75) is 26.3 Å². The van der Waals surface area contributed by atoms with Gasteiger partial charge in [0, 0.05) is 5.69 Å².